The summed E-state index contributed by atoms with van der Waals surface area (Å²) in [4.78, 5) is 11.2. The highest BCUT2D eigenvalue weighted by Gasteiger charge is 2.29. The van der Waals surface area contributed by atoms with Gasteiger partial charge in [0.2, 0.25) is 0 Å². The van der Waals surface area contributed by atoms with Gasteiger partial charge in [0.05, 0.1) is 7.11 Å². The molecule has 0 fully saturated rings. The third kappa shape index (κ3) is 4.30. The predicted octanol–water partition coefficient (Wildman–Crippen LogP) is 2.87. The van der Waals surface area contributed by atoms with Crippen LogP contribution in [0.5, 0.6) is 0 Å². The van der Waals surface area contributed by atoms with Gasteiger partial charge >= 0.3 is 5.97 Å². The summed E-state index contributed by atoms with van der Waals surface area (Å²) in [6, 6.07) is 0. The van der Waals surface area contributed by atoms with Gasteiger partial charge in [-0.3, -0.25) is 4.79 Å². The molecule has 2 nitrogen and oxygen atoms in total. The summed E-state index contributed by atoms with van der Waals surface area (Å²) in [5.41, 5.74) is 0.169. The van der Waals surface area contributed by atoms with Crippen molar-refractivity contribution >= 4 is 5.97 Å². The Balaban J connectivity index is 4.36. The zero-order chi connectivity index (χ0) is 10.6. The lowest BCUT2D eigenvalue weighted by Crippen LogP contribution is -2.28. The van der Waals surface area contributed by atoms with Gasteiger partial charge in [0.15, 0.2) is 0 Å². The lowest BCUT2D eigenvalue weighted by Gasteiger charge is -2.33. The monoisotopic (exact) mass is 186 g/mol. The Kier molecular flexibility index (Phi) is 4.45. The van der Waals surface area contributed by atoms with Crippen LogP contribution in [0.15, 0.2) is 0 Å². The van der Waals surface area contributed by atoms with Gasteiger partial charge in [-0.25, -0.2) is 0 Å². The van der Waals surface area contributed by atoms with Crippen LogP contribution in [0.25, 0.3) is 0 Å². The Morgan fingerprint density at radius 3 is 2.00 bits per heavy atom. The molecule has 0 saturated heterocycles. The molecule has 0 radical (unpaired) electrons. The molecule has 2 heteroatoms. The SMILES string of the molecule is COC(=O)CC(C(C)C)C(C)(C)C. The molecule has 0 aliphatic carbocycles. The highest BCUT2D eigenvalue weighted by Crippen LogP contribution is 2.34. The summed E-state index contributed by atoms with van der Waals surface area (Å²) in [5, 5.41) is 0. The van der Waals surface area contributed by atoms with E-state index in [0.29, 0.717) is 18.3 Å². The van der Waals surface area contributed by atoms with Crippen LogP contribution in [-0.4, -0.2) is 13.1 Å². The van der Waals surface area contributed by atoms with E-state index < -0.39 is 0 Å². The Labute approximate surface area is 81.7 Å². The second-order valence-electron chi connectivity index (χ2n) is 5.00. The number of rotatable bonds is 3. The van der Waals surface area contributed by atoms with E-state index in [1.54, 1.807) is 0 Å². The number of hydrogen-bond donors (Lipinski definition) is 0. The molecular weight excluding hydrogens is 164 g/mol. The van der Waals surface area contributed by atoms with Crippen molar-refractivity contribution in [3.05, 3.63) is 0 Å². The Morgan fingerprint density at radius 2 is 1.77 bits per heavy atom. The van der Waals surface area contributed by atoms with Gasteiger partial charge in [0.1, 0.15) is 0 Å². The first-order chi connectivity index (χ1) is 5.79. The van der Waals surface area contributed by atoms with Gasteiger partial charge in [-0.1, -0.05) is 34.6 Å². The predicted molar refractivity (Wildman–Crippen MR) is 54.4 cm³/mol. The van der Waals surface area contributed by atoms with E-state index in [9.17, 15) is 4.79 Å². The molecule has 0 aliphatic rings. The van der Waals surface area contributed by atoms with Gasteiger partial charge in [-0.15, -0.1) is 0 Å². The zero-order valence-electron chi connectivity index (χ0n) is 9.68. The number of esters is 1. The number of ether oxygens (including phenoxy) is 1. The van der Waals surface area contributed by atoms with Crippen LogP contribution >= 0.6 is 0 Å². The fourth-order valence-electron chi connectivity index (χ4n) is 1.80. The average molecular weight is 186 g/mol. The topological polar surface area (TPSA) is 26.3 Å². The van der Waals surface area contributed by atoms with E-state index in [-0.39, 0.29) is 11.4 Å². The average Bonchev–Trinajstić information content (AvgIpc) is 1.96. The molecular formula is C11H22O2. The summed E-state index contributed by atoms with van der Waals surface area (Å²) in [5.74, 6) is 0.799. The summed E-state index contributed by atoms with van der Waals surface area (Å²) >= 11 is 0. The molecule has 0 amide bonds. The standard InChI is InChI=1S/C11H22O2/c1-8(2)9(11(3,4)5)7-10(12)13-6/h8-9H,7H2,1-6H3. The second-order valence-corrected chi connectivity index (χ2v) is 5.00. The molecule has 0 aromatic carbocycles. The highest BCUT2D eigenvalue weighted by atomic mass is 16.5. The molecule has 13 heavy (non-hydrogen) atoms. The van der Waals surface area contributed by atoms with Crippen LogP contribution in [-0.2, 0) is 9.53 Å². The Bertz CT molecular complexity index is 165. The number of carbonyl (C=O) groups excluding carboxylic acids is 1. The molecule has 0 rings (SSSR count). The minimum absolute atomic E-state index is 0.103. The van der Waals surface area contributed by atoms with Gasteiger partial charge in [-0.05, 0) is 17.3 Å². The van der Waals surface area contributed by atoms with E-state index >= 15 is 0 Å². The first kappa shape index (κ1) is 12.5. The first-order valence-electron chi connectivity index (χ1n) is 4.86. The Hall–Kier alpha value is -0.530. The lowest BCUT2D eigenvalue weighted by atomic mass is 9.72. The number of carbonyl (C=O) groups is 1. The van der Waals surface area contributed by atoms with Crippen LogP contribution in [0.1, 0.15) is 41.0 Å². The smallest absolute Gasteiger partial charge is 0.305 e. The van der Waals surface area contributed by atoms with Gasteiger partial charge < -0.3 is 4.74 Å². The van der Waals surface area contributed by atoms with Crippen LogP contribution in [0, 0.1) is 17.3 Å². The van der Waals surface area contributed by atoms with Crippen molar-refractivity contribution in [3.8, 4) is 0 Å². The maximum absolute atomic E-state index is 11.2. The molecule has 1 atom stereocenters. The van der Waals surface area contributed by atoms with Crippen LogP contribution < -0.4 is 0 Å². The van der Waals surface area contributed by atoms with Crippen molar-refractivity contribution in [2.75, 3.05) is 7.11 Å². The normalized spacial score (nSPS) is 14.4. The van der Waals surface area contributed by atoms with Crippen molar-refractivity contribution in [2.24, 2.45) is 17.3 Å². The van der Waals surface area contributed by atoms with Crippen molar-refractivity contribution < 1.29 is 9.53 Å². The fourth-order valence-corrected chi connectivity index (χ4v) is 1.80. The molecule has 78 valence electrons. The molecule has 0 aromatic rings. The largest absolute Gasteiger partial charge is 0.469 e. The Morgan fingerprint density at radius 1 is 1.31 bits per heavy atom. The van der Waals surface area contributed by atoms with Crippen molar-refractivity contribution in [3.63, 3.8) is 0 Å². The quantitative estimate of drug-likeness (QED) is 0.633. The van der Waals surface area contributed by atoms with Crippen LogP contribution in [0.4, 0.5) is 0 Å². The van der Waals surface area contributed by atoms with Crippen molar-refractivity contribution in [1.29, 1.82) is 0 Å². The molecule has 0 heterocycles. The van der Waals surface area contributed by atoms with E-state index in [0.717, 1.165) is 0 Å². The highest BCUT2D eigenvalue weighted by molar-refractivity contribution is 5.69. The minimum atomic E-state index is -0.103. The summed E-state index contributed by atoms with van der Waals surface area (Å²) in [6.45, 7) is 10.8. The third-order valence-electron chi connectivity index (χ3n) is 2.53. The van der Waals surface area contributed by atoms with Gasteiger partial charge in [-0.2, -0.15) is 0 Å². The minimum Gasteiger partial charge on any atom is -0.469 e. The van der Waals surface area contributed by atoms with E-state index in [4.69, 9.17) is 0 Å². The number of methoxy groups -OCH3 is 1. The zero-order valence-corrected chi connectivity index (χ0v) is 9.68. The molecule has 1 unspecified atom stereocenters. The van der Waals surface area contributed by atoms with Gasteiger partial charge in [0, 0.05) is 6.42 Å². The molecule has 0 saturated carbocycles. The molecule has 0 bridgehead atoms. The molecule has 0 spiro atoms. The number of hydrogen-bond acceptors (Lipinski definition) is 2. The first-order valence-corrected chi connectivity index (χ1v) is 4.86. The van der Waals surface area contributed by atoms with Crippen molar-refractivity contribution in [1.82, 2.24) is 0 Å². The summed E-state index contributed by atoms with van der Waals surface area (Å²) in [7, 11) is 1.45. The van der Waals surface area contributed by atoms with E-state index in [2.05, 4.69) is 39.4 Å². The third-order valence-corrected chi connectivity index (χ3v) is 2.53. The van der Waals surface area contributed by atoms with Crippen LogP contribution in [0.3, 0.4) is 0 Å². The van der Waals surface area contributed by atoms with E-state index in [1.807, 2.05) is 0 Å². The van der Waals surface area contributed by atoms with Gasteiger partial charge in [0.25, 0.3) is 0 Å². The lowest BCUT2D eigenvalue weighted by molar-refractivity contribution is -0.143. The summed E-state index contributed by atoms with van der Waals surface area (Å²) in [6.07, 6.45) is 0.525. The molecule has 0 aliphatic heterocycles. The maximum atomic E-state index is 11.2. The van der Waals surface area contributed by atoms with Crippen molar-refractivity contribution in [2.45, 2.75) is 41.0 Å². The van der Waals surface area contributed by atoms with E-state index in [1.165, 1.54) is 7.11 Å². The maximum Gasteiger partial charge on any atom is 0.305 e. The summed E-state index contributed by atoms with van der Waals surface area (Å²) < 4.78 is 4.69. The van der Waals surface area contributed by atoms with Crippen LogP contribution in [0.2, 0.25) is 0 Å². The fraction of sp³-hybridized carbons (Fsp3) is 0.909. The molecule has 0 N–H and O–H groups in total. The molecule has 0 aromatic heterocycles. The second kappa shape index (κ2) is 4.64.